The molecule has 0 radical (unpaired) electrons. The van der Waals surface area contributed by atoms with E-state index in [0.717, 1.165) is 12.8 Å². The molecule has 0 aliphatic heterocycles. The molecule has 0 unspecified atom stereocenters. The Balaban J connectivity index is 2.48. The molecule has 1 aromatic rings. The summed E-state index contributed by atoms with van der Waals surface area (Å²) in [4.78, 5) is 1.40. The minimum absolute atomic E-state index is 0.438. The number of hydrogen-bond donors (Lipinski definition) is 0. The van der Waals surface area contributed by atoms with Crippen LogP contribution in [-0.4, -0.2) is 12.7 Å². The molecule has 0 bridgehead atoms. The molecule has 0 saturated heterocycles. The Morgan fingerprint density at radius 1 is 1.06 bits per heavy atom. The number of rotatable bonds is 7. The summed E-state index contributed by atoms with van der Waals surface area (Å²) >= 11 is -4.01. The first-order valence-corrected chi connectivity index (χ1v) is 9.38. The fourth-order valence-corrected chi connectivity index (χ4v) is 3.84. The molecular weight excluding hydrogens is 279 g/mol. The van der Waals surface area contributed by atoms with Crippen LogP contribution >= 0.6 is 0 Å². The van der Waals surface area contributed by atoms with Crippen molar-refractivity contribution in [3.05, 3.63) is 41.4 Å². The van der Waals surface area contributed by atoms with Gasteiger partial charge in [0.1, 0.15) is 0 Å². The molecule has 0 fully saturated rings. The predicted molar refractivity (Wildman–Crippen MR) is 71.1 cm³/mol. The van der Waals surface area contributed by atoms with Crippen molar-refractivity contribution in [2.45, 2.75) is 39.0 Å². The molecule has 1 rings (SSSR count). The summed E-state index contributed by atoms with van der Waals surface area (Å²) < 4.78 is 24.3. The molecule has 0 atom stereocenters. The Bertz CT molecular complexity index is 433. The van der Waals surface area contributed by atoms with Crippen LogP contribution in [0.4, 0.5) is 0 Å². The van der Waals surface area contributed by atoms with E-state index in [-0.39, 0.29) is 0 Å². The topological polar surface area (TPSA) is 34.1 Å². The van der Waals surface area contributed by atoms with Gasteiger partial charge in [0.2, 0.25) is 0 Å². The minimum atomic E-state index is -4.01. The van der Waals surface area contributed by atoms with E-state index in [1.807, 2.05) is 6.07 Å². The zero-order valence-electron chi connectivity index (χ0n) is 10.3. The first-order chi connectivity index (χ1) is 8.17. The molecule has 0 aliphatic carbocycles. The van der Waals surface area contributed by atoms with Gasteiger partial charge in [0.25, 0.3) is 0 Å². The molecule has 17 heavy (non-hydrogen) atoms. The van der Waals surface area contributed by atoms with Crippen molar-refractivity contribution in [2.75, 3.05) is 0 Å². The Hall–Kier alpha value is -0.921. The summed E-state index contributed by atoms with van der Waals surface area (Å²) in [6.45, 7) is 2.17. The van der Waals surface area contributed by atoms with Gasteiger partial charge in [0.05, 0.1) is 0 Å². The second kappa shape index (κ2) is 7.41. The summed E-state index contributed by atoms with van der Waals surface area (Å²) in [5, 5.41) is 0. The molecule has 0 aromatic heterocycles. The van der Waals surface area contributed by atoms with Gasteiger partial charge in [0, 0.05) is 0 Å². The van der Waals surface area contributed by atoms with E-state index in [9.17, 15) is 7.67 Å². The molecule has 0 saturated carbocycles. The van der Waals surface area contributed by atoms with E-state index < -0.39 is 12.7 Å². The Kier molecular flexibility index (Phi) is 6.17. The quantitative estimate of drug-likeness (QED) is 0.572. The van der Waals surface area contributed by atoms with Crippen molar-refractivity contribution in [3.8, 4) is 0 Å². The van der Waals surface area contributed by atoms with Crippen LogP contribution in [-0.2, 0) is 7.67 Å². The van der Waals surface area contributed by atoms with Crippen LogP contribution in [0.1, 0.15) is 39.0 Å². The SMILES string of the molecule is CCCCCC/C=C/[Se](=O)(=O)c1ccccc1. The molecule has 94 valence electrons. The standard InChI is InChI=1S/C14H20O2Se/c1-2-3-4-5-6-10-13-17(15,16)14-11-8-7-9-12-14/h7-13H,2-6H2,1H3/b13-10+. The first kappa shape index (κ1) is 14.1. The maximum atomic E-state index is 11.9. The number of allylic oxidation sites excluding steroid dienone is 1. The third kappa shape index (κ3) is 5.29. The van der Waals surface area contributed by atoms with Crippen LogP contribution in [0.5, 0.6) is 0 Å². The van der Waals surface area contributed by atoms with E-state index in [1.165, 1.54) is 24.2 Å². The zero-order valence-corrected chi connectivity index (χ0v) is 12.0. The normalized spacial score (nSPS) is 12.1. The van der Waals surface area contributed by atoms with Gasteiger partial charge in [-0.15, -0.1) is 0 Å². The molecule has 0 aliphatic rings. The molecule has 0 spiro atoms. The molecule has 0 N–H and O–H groups in total. The van der Waals surface area contributed by atoms with E-state index in [2.05, 4.69) is 6.92 Å². The monoisotopic (exact) mass is 300 g/mol. The molecule has 1 aromatic carbocycles. The summed E-state index contributed by atoms with van der Waals surface area (Å²) in [7, 11) is 0. The van der Waals surface area contributed by atoms with Crippen LogP contribution in [0.25, 0.3) is 0 Å². The van der Waals surface area contributed by atoms with Crippen LogP contribution < -0.4 is 4.46 Å². The third-order valence-electron chi connectivity index (χ3n) is 2.57. The molecule has 0 amide bonds. The van der Waals surface area contributed by atoms with Crippen LogP contribution in [0.15, 0.2) is 41.4 Å². The van der Waals surface area contributed by atoms with Crippen LogP contribution in [0.3, 0.4) is 0 Å². The summed E-state index contributed by atoms with van der Waals surface area (Å²) in [6.07, 6.45) is 7.34. The van der Waals surface area contributed by atoms with Crippen molar-refractivity contribution in [1.82, 2.24) is 0 Å². The van der Waals surface area contributed by atoms with Gasteiger partial charge in [0.15, 0.2) is 0 Å². The van der Waals surface area contributed by atoms with Crippen molar-refractivity contribution in [1.29, 1.82) is 0 Å². The van der Waals surface area contributed by atoms with Crippen molar-refractivity contribution in [2.24, 2.45) is 0 Å². The van der Waals surface area contributed by atoms with Crippen LogP contribution in [0.2, 0.25) is 0 Å². The average molecular weight is 299 g/mol. The predicted octanol–water partition coefficient (Wildman–Crippen LogP) is 3.26. The maximum absolute atomic E-state index is 11.9. The summed E-state index contributed by atoms with van der Waals surface area (Å²) in [5.41, 5.74) is 0. The van der Waals surface area contributed by atoms with Crippen LogP contribution in [0, 0.1) is 0 Å². The zero-order chi connectivity index (χ0) is 12.6. The van der Waals surface area contributed by atoms with Crippen molar-refractivity contribution in [3.63, 3.8) is 0 Å². The average Bonchev–Trinajstić information content (AvgIpc) is 2.35. The number of hydrogen-bond acceptors (Lipinski definition) is 2. The Morgan fingerprint density at radius 3 is 2.41 bits per heavy atom. The van der Waals surface area contributed by atoms with Gasteiger partial charge in [-0.25, -0.2) is 0 Å². The van der Waals surface area contributed by atoms with E-state index in [4.69, 9.17) is 0 Å². The van der Waals surface area contributed by atoms with Gasteiger partial charge >= 0.3 is 105 Å². The van der Waals surface area contributed by atoms with E-state index in [1.54, 1.807) is 30.3 Å². The molecule has 0 heterocycles. The Labute approximate surface area is 105 Å². The van der Waals surface area contributed by atoms with E-state index >= 15 is 0 Å². The second-order valence-corrected chi connectivity index (χ2v) is 7.93. The second-order valence-electron chi connectivity index (χ2n) is 4.08. The van der Waals surface area contributed by atoms with E-state index in [0.29, 0.717) is 4.46 Å². The summed E-state index contributed by atoms with van der Waals surface area (Å²) in [5.74, 6) is 0. The summed E-state index contributed by atoms with van der Waals surface area (Å²) in [6, 6.07) is 8.65. The van der Waals surface area contributed by atoms with Gasteiger partial charge in [-0.3, -0.25) is 0 Å². The van der Waals surface area contributed by atoms with Gasteiger partial charge < -0.3 is 0 Å². The Morgan fingerprint density at radius 2 is 1.76 bits per heavy atom. The molecule has 3 heteroatoms. The van der Waals surface area contributed by atoms with Gasteiger partial charge in [-0.05, 0) is 0 Å². The third-order valence-corrected chi connectivity index (χ3v) is 5.68. The fourth-order valence-electron chi connectivity index (χ4n) is 1.57. The van der Waals surface area contributed by atoms with Gasteiger partial charge in [-0.2, -0.15) is 0 Å². The first-order valence-electron chi connectivity index (χ1n) is 6.13. The molecular formula is C14H20O2Se. The van der Waals surface area contributed by atoms with Crippen molar-refractivity contribution >= 4 is 17.2 Å². The van der Waals surface area contributed by atoms with Gasteiger partial charge in [-0.1, -0.05) is 0 Å². The fraction of sp³-hybridized carbons (Fsp3) is 0.429. The number of benzene rings is 1. The van der Waals surface area contributed by atoms with Crippen molar-refractivity contribution < 1.29 is 7.67 Å². The molecule has 2 nitrogen and oxygen atoms in total. The number of unbranched alkanes of at least 4 members (excludes halogenated alkanes) is 4.